The highest BCUT2D eigenvalue weighted by Gasteiger charge is 2.34. The Labute approximate surface area is 79.0 Å². The van der Waals surface area contributed by atoms with Gasteiger partial charge in [-0.15, -0.1) is 6.58 Å². The molecule has 76 valence electrons. The lowest BCUT2D eigenvalue weighted by atomic mass is 9.81. The van der Waals surface area contributed by atoms with E-state index in [1.54, 1.807) is 0 Å². The Hall–Kier alpha value is -0.400. The molecule has 2 heteroatoms. The lowest BCUT2D eigenvalue weighted by Gasteiger charge is -2.29. The zero-order valence-electron chi connectivity index (χ0n) is 8.23. The summed E-state index contributed by atoms with van der Waals surface area (Å²) in [6.45, 7) is 5.80. The van der Waals surface area contributed by atoms with Gasteiger partial charge in [-0.1, -0.05) is 13.0 Å². The first-order chi connectivity index (χ1) is 6.03. The third kappa shape index (κ3) is 3.45. The van der Waals surface area contributed by atoms with Crippen molar-refractivity contribution in [1.29, 1.82) is 0 Å². The summed E-state index contributed by atoms with van der Waals surface area (Å²) in [7, 11) is 0. The third-order valence-corrected chi connectivity index (χ3v) is 2.94. The number of hydrogen-bond donors (Lipinski definition) is 0. The molecule has 0 aromatic heterocycles. The molecular formula is C11H18F2. The second-order valence-electron chi connectivity index (χ2n) is 4.25. The van der Waals surface area contributed by atoms with Crippen LogP contribution in [0.15, 0.2) is 12.7 Å². The Kier molecular flexibility index (Phi) is 3.46. The Bertz CT molecular complexity index is 165. The topological polar surface area (TPSA) is 0 Å². The molecule has 0 amide bonds. The van der Waals surface area contributed by atoms with E-state index >= 15 is 0 Å². The van der Waals surface area contributed by atoms with Crippen molar-refractivity contribution in [3.63, 3.8) is 0 Å². The van der Waals surface area contributed by atoms with Gasteiger partial charge in [0.1, 0.15) is 0 Å². The van der Waals surface area contributed by atoms with Crippen LogP contribution in [0, 0.1) is 11.8 Å². The minimum absolute atomic E-state index is 0.0849. The highest BCUT2D eigenvalue weighted by molar-refractivity contribution is 4.82. The van der Waals surface area contributed by atoms with Gasteiger partial charge in [-0.3, -0.25) is 0 Å². The molecule has 0 spiro atoms. The maximum absolute atomic E-state index is 12.8. The normalized spacial score (nSPS) is 25.5. The van der Waals surface area contributed by atoms with Crippen LogP contribution in [0.2, 0.25) is 0 Å². The zero-order valence-corrected chi connectivity index (χ0v) is 8.23. The van der Waals surface area contributed by atoms with Gasteiger partial charge in [0.15, 0.2) is 0 Å². The van der Waals surface area contributed by atoms with Crippen LogP contribution < -0.4 is 0 Å². The highest BCUT2D eigenvalue weighted by atomic mass is 19.3. The highest BCUT2D eigenvalue weighted by Crippen LogP contribution is 2.38. The van der Waals surface area contributed by atoms with Crippen LogP contribution in [0.3, 0.4) is 0 Å². The summed E-state index contributed by atoms with van der Waals surface area (Å²) in [4.78, 5) is 0. The fraction of sp³-hybridized carbons (Fsp3) is 0.818. The van der Waals surface area contributed by atoms with E-state index in [9.17, 15) is 8.78 Å². The Morgan fingerprint density at radius 2 is 2.00 bits per heavy atom. The molecule has 1 fully saturated rings. The van der Waals surface area contributed by atoms with E-state index in [1.807, 2.05) is 6.08 Å². The molecule has 0 N–H and O–H groups in total. The molecule has 1 aliphatic rings. The van der Waals surface area contributed by atoms with Gasteiger partial charge < -0.3 is 0 Å². The zero-order chi connectivity index (χ0) is 9.90. The summed E-state index contributed by atoms with van der Waals surface area (Å²) in [5, 5.41) is 0. The number of allylic oxidation sites excluding steroid dienone is 1. The molecule has 1 aliphatic carbocycles. The van der Waals surface area contributed by atoms with Crippen molar-refractivity contribution < 1.29 is 8.78 Å². The fourth-order valence-corrected chi connectivity index (χ4v) is 1.96. The molecule has 0 heterocycles. The molecule has 13 heavy (non-hydrogen) atoms. The van der Waals surface area contributed by atoms with Gasteiger partial charge in [0.25, 0.3) is 0 Å². The van der Waals surface area contributed by atoms with E-state index in [2.05, 4.69) is 13.5 Å². The number of rotatable bonds is 3. The summed E-state index contributed by atoms with van der Waals surface area (Å²) < 4.78 is 25.6. The predicted octanol–water partition coefficient (Wildman–Crippen LogP) is 4.02. The largest absolute Gasteiger partial charge is 0.248 e. The lowest BCUT2D eigenvalue weighted by Crippen LogP contribution is -2.25. The predicted molar refractivity (Wildman–Crippen MR) is 50.9 cm³/mol. The van der Waals surface area contributed by atoms with E-state index in [4.69, 9.17) is 0 Å². The van der Waals surface area contributed by atoms with Crippen LogP contribution in [0.4, 0.5) is 8.78 Å². The molecule has 0 nitrogen and oxygen atoms in total. The van der Waals surface area contributed by atoms with E-state index in [-0.39, 0.29) is 12.8 Å². The van der Waals surface area contributed by atoms with Crippen molar-refractivity contribution in [3.05, 3.63) is 12.7 Å². The van der Waals surface area contributed by atoms with E-state index in [0.29, 0.717) is 24.7 Å². The van der Waals surface area contributed by atoms with Crippen LogP contribution in [0.1, 0.15) is 39.0 Å². The van der Waals surface area contributed by atoms with Crippen molar-refractivity contribution in [1.82, 2.24) is 0 Å². The summed E-state index contributed by atoms with van der Waals surface area (Å²) >= 11 is 0. The van der Waals surface area contributed by atoms with E-state index < -0.39 is 5.92 Å². The smallest absolute Gasteiger partial charge is 0.207 e. The summed E-state index contributed by atoms with van der Waals surface area (Å²) in [5.74, 6) is -1.42. The Balaban J connectivity index is 2.29. The summed E-state index contributed by atoms with van der Waals surface area (Å²) in [6.07, 6.45) is 4.48. The standard InChI is InChI=1S/C11H18F2/c1-3-9(2)8-10-4-6-11(12,13)7-5-10/h3,9-10H,1,4-8H2,2H3. The Morgan fingerprint density at radius 3 is 2.46 bits per heavy atom. The summed E-state index contributed by atoms with van der Waals surface area (Å²) in [6, 6.07) is 0. The third-order valence-electron chi connectivity index (χ3n) is 2.94. The molecule has 0 aromatic carbocycles. The average Bonchev–Trinajstić information content (AvgIpc) is 2.08. The number of hydrogen-bond acceptors (Lipinski definition) is 0. The number of halogens is 2. The number of alkyl halides is 2. The molecule has 1 unspecified atom stereocenters. The minimum atomic E-state index is -2.38. The van der Waals surface area contributed by atoms with Crippen LogP contribution in [-0.4, -0.2) is 5.92 Å². The lowest BCUT2D eigenvalue weighted by molar-refractivity contribution is -0.0473. The molecule has 1 saturated carbocycles. The van der Waals surface area contributed by atoms with E-state index in [1.165, 1.54) is 0 Å². The van der Waals surface area contributed by atoms with Gasteiger partial charge in [0.2, 0.25) is 5.92 Å². The molecule has 0 radical (unpaired) electrons. The second-order valence-corrected chi connectivity index (χ2v) is 4.25. The first-order valence-electron chi connectivity index (χ1n) is 5.04. The fourth-order valence-electron chi connectivity index (χ4n) is 1.96. The molecular weight excluding hydrogens is 170 g/mol. The molecule has 0 saturated heterocycles. The van der Waals surface area contributed by atoms with Crippen LogP contribution in [-0.2, 0) is 0 Å². The molecule has 0 aliphatic heterocycles. The minimum Gasteiger partial charge on any atom is -0.207 e. The average molecular weight is 188 g/mol. The van der Waals surface area contributed by atoms with Gasteiger partial charge >= 0.3 is 0 Å². The molecule has 1 rings (SSSR count). The quantitative estimate of drug-likeness (QED) is 0.587. The second kappa shape index (κ2) is 4.21. The van der Waals surface area contributed by atoms with Crippen molar-refractivity contribution in [3.8, 4) is 0 Å². The van der Waals surface area contributed by atoms with Crippen LogP contribution in [0.5, 0.6) is 0 Å². The van der Waals surface area contributed by atoms with Crippen molar-refractivity contribution in [2.75, 3.05) is 0 Å². The SMILES string of the molecule is C=CC(C)CC1CCC(F)(F)CC1. The van der Waals surface area contributed by atoms with Crippen molar-refractivity contribution >= 4 is 0 Å². The first kappa shape index (κ1) is 10.7. The van der Waals surface area contributed by atoms with Gasteiger partial charge in [-0.2, -0.15) is 0 Å². The Morgan fingerprint density at radius 1 is 1.46 bits per heavy atom. The van der Waals surface area contributed by atoms with Crippen molar-refractivity contribution in [2.45, 2.75) is 45.0 Å². The molecule has 0 bridgehead atoms. The van der Waals surface area contributed by atoms with Gasteiger partial charge in [0, 0.05) is 12.8 Å². The van der Waals surface area contributed by atoms with E-state index in [0.717, 1.165) is 6.42 Å². The van der Waals surface area contributed by atoms with Crippen LogP contribution >= 0.6 is 0 Å². The summed E-state index contributed by atoms with van der Waals surface area (Å²) in [5.41, 5.74) is 0. The maximum Gasteiger partial charge on any atom is 0.248 e. The van der Waals surface area contributed by atoms with Gasteiger partial charge in [0.05, 0.1) is 0 Å². The first-order valence-corrected chi connectivity index (χ1v) is 5.04. The monoisotopic (exact) mass is 188 g/mol. The molecule has 0 aromatic rings. The maximum atomic E-state index is 12.8. The van der Waals surface area contributed by atoms with Crippen molar-refractivity contribution in [2.24, 2.45) is 11.8 Å². The van der Waals surface area contributed by atoms with Gasteiger partial charge in [-0.05, 0) is 31.1 Å². The van der Waals surface area contributed by atoms with Gasteiger partial charge in [-0.25, -0.2) is 8.78 Å². The van der Waals surface area contributed by atoms with Crippen LogP contribution in [0.25, 0.3) is 0 Å². The molecule has 1 atom stereocenters.